The SMILES string of the molecule is Cc1ccc(Cn2nnc(C(=O)Nc3c(C)cccc3C)c2N)cc1. The Kier molecular flexibility index (Phi) is 4.52. The molecule has 0 atom stereocenters. The molecule has 0 aliphatic heterocycles. The summed E-state index contributed by atoms with van der Waals surface area (Å²) in [6, 6.07) is 13.9. The number of rotatable bonds is 4. The van der Waals surface area contributed by atoms with Crippen molar-refractivity contribution in [3.63, 3.8) is 0 Å². The van der Waals surface area contributed by atoms with Gasteiger partial charge in [-0.15, -0.1) is 5.10 Å². The van der Waals surface area contributed by atoms with E-state index in [0.717, 1.165) is 22.4 Å². The van der Waals surface area contributed by atoms with Crippen LogP contribution < -0.4 is 11.1 Å². The summed E-state index contributed by atoms with van der Waals surface area (Å²) in [5.74, 6) is -0.102. The molecule has 3 rings (SSSR count). The Bertz CT molecular complexity index is 892. The number of carbonyl (C=O) groups excluding carboxylic acids is 1. The molecule has 0 fully saturated rings. The number of anilines is 2. The van der Waals surface area contributed by atoms with E-state index in [9.17, 15) is 4.79 Å². The number of carbonyl (C=O) groups is 1. The summed E-state index contributed by atoms with van der Waals surface area (Å²) in [5, 5.41) is 10.9. The van der Waals surface area contributed by atoms with Gasteiger partial charge in [-0.2, -0.15) is 0 Å². The van der Waals surface area contributed by atoms with Gasteiger partial charge in [0.25, 0.3) is 5.91 Å². The molecule has 2 aromatic carbocycles. The fourth-order valence-electron chi connectivity index (χ4n) is 2.65. The van der Waals surface area contributed by atoms with Gasteiger partial charge in [0, 0.05) is 5.69 Å². The van der Waals surface area contributed by atoms with Crippen molar-refractivity contribution in [1.29, 1.82) is 0 Å². The third-order valence-electron chi connectivity index (χ3n) is 4.16. The first-order valence-corrected chi connectivity index (χ1v) is 8.08. The van der Waals surface area contributed by atoms with Crippen LogP contribution in [-0.4, -0.2) is 20.9 Å². The Labute approximate surface area is 146 Å². The maximum Gasteiger partial charge on any atom is 0.280 e. The van der Waals surface area contributed by atoms with Gasteiger partial charge in [0.15, 0.2) is 11.5 Å². The molecule has 0 aliphatic carbocycles. The number of nitrogens with two attached hydrogens (primary N) is 1. The molecular formula is C19H21N5O. The van der Waals surface area contributed by atoms with Crippen LogP contribution in [0.3, 0.4) is 0 Å². The number of para-hydroxylation sites is 1. The van der Waals surface area contributed by atoms with Gasteiger partial charge in [0.1, 0.15) is 0 Å². The second-order valence-electron chi connectivity index (χ2n) is 6.19. The highest BCUT2D eigenvalue weighted by Crippen LogP contribution is 2.21. The van der Waals surface area contributed by atoms with E-state index in [1.54, 1.807) is 0 Å². The van der Waals surface area contributed by atoms with Crippen molar-refractivity contribution in [3.05, 3.63) is 70.4 Å². The van der Waals surface area contributed by atoms with E-state index in [0.29, 0.717) is 6.54 Å². The summed E-state index contributed by atoms with van der Waals surface area (Å²) in [5.41, 5.74) is 11.2. The molecule has 6 heteroatoms. The molecule has 3 aromatic rings. The van der Waals surface area contributed by atoms with Crippen molar-refractivity contribution in [2.24, 2.45) is 0 Å². The molecule has 3 N–H and O–H groups in total. The third-order valence-corrected chi connectivity index (χ3v) is 4.16. The van der Waals surface area contributed by atoms with Crippen molar-refractivity contribution in [2.75, 3.05) is 11.1 Å². The van der Waals surface area contributed by atoms with Crippen LogP contribution in [0, 0.1) is 20.8 Å². The van der Waals surface area contributed by atoms with Crippen LogP contribution >= 0.6 is 0 Å². The topological polar surface area (TPSA) is 85.8 Å². The number of amides is 1. The lowest BCUT2D eigenvalue weighted by atomic mass is 10.1. The predicted molar refractivity (Wildman–Crippen MR) is 98.6 cm³/mol. The van der Waals surface area contributed by atoms with Crippen LogP contribution in [-0.2, 0) is 6.54 Å². The summed E-state index contributed by atoms with van der Waals surface area (Å²) in [7, 11) is 0. The molecule has 0 saturated carbocycles. The zero-order valence-electron chi connectivity index (χ0n) is 14.6. The highest BCUT2D eigenvalue weighted by molar-refractivity contribution is 6.06. The van der Waals surface area contributed by atoms with Crippen molar-refractivity contribution < 1.29 is 4.79 Å². The monoisotopic (exact) mass is 335 g/mol. The number of hydrogen-bond donors (Lipinski definition) is 2. The Morgan fingerprint density at radius 2 is 1.72 bits per heavy atom. The van der Waals surface area contributed by atoms with E-state index in [1.165, 1.54) is 10.2 Å². The van der Waals surface area contributed by atoms with Gasteiger partial charge >= 0.3 is 0 Å². The molecule has 0 saturated heterocycles. The van der Waals surface area contributed by atoms with E-state index < -0.39 is 0 Å². The average Bonchev–Trinajstić information content (AvgIpc) is 2.94. The molecule has 128 valence electrons. The van der Waals surface area contributed by atoms with Crippen molar-refractivity contribution in [1.82, 2.24) is 15.0 Å². The summed E-state index contributed by atoms with van der Waals surface area (Å²) in [6.45, 7) is 6.39. The van der Waals surface area contributed by atoms with Crippen LogP contribution in [0.1, 0.15) is 32.7 Å². The second kappa shape index (κ2) is 6.76. The van der Waals surface area contributed by atoms with Gasteiger partial charge in [-0.1, -0.05) is 53.2 Å². The maximum atomic E-state index is 12.5. The number of nitrogen functional groups attached to an aromatic ring is 1. The lowest BCUT2D eigenvalue weighted by molar-refractivity contribution is 0.102. The summed E-state index contributed by atoms with van der Waals surface area (Å²) >= 11 is 0. The van der Waals surface area contributed by atoms with Gasteiger partial charge in [-0.25, -0.2) is 4.68 Å². The molecule has 0 unspecified atom stereocenters. The minimum absolute atomic E-state index is 0.134. The largest absolute Gasteiger partial charge is 0.382 e. The molecule has 0 aliphatic rings. The van der Waals surface area contributed by atoms with Crippen molar-refractivity contribution in [2.45, 2.75) is 27.3 Å². The highest BCUT2D eigenvalue weighted by atomic mass is 16.2. The van der Waals surface area contributed by atoms with Crippen LogP contribution in [0.15, 0.2) is 42.5 Å². The molecule has 25 heavy (non-hydrogen) atoms. The van der Waals surface area contributed by atoms with E-state index >= 15 is 0 Å². The molecule has 6 nitrogen and oxygen atoms in total. The lowest BCUT2D eigenvalue weighted by Crippen LogP contribution is -2.16. The first-order chi connectivity index (χ1) is 12.0. The standard InChI is InChI=1S/C19H21N5O/c1-12-7-9-15(10-8-12)11-24-18(20)17(22-23-24)19(25)21-16-13(2)5-4-6-14(16)3/h4-10H,11,20H2,1-3H3,(H,21,25). The average molecular weight is 335 g/mol. The highest BCUT2D eigenvalue weighted by Gasteiger charge is 2.19. The van der Waals surface area contributed by atoms with E-state index in [2.05, 4.69) is 15.6 Å². The Hall–Kier alpha value is -3.15. The zero-order valence-corrected chi connectivity index (χ0v) is 14.6. The first kappa shape index (κ1) is 16.7. The minimum Gasteiger partial charge on any atom is -0.382 e. The first-order valence-electron chi connectivity index (χ1n) is 8.08. The third kappa shape index (κ3) is 3.52. The normalized spacial score (nSPS) is 10.7. The Morgan fingerprint density at radius 3 is 2.36 bits per heavy atom. The Morgan fingerprint density at radius 1 is 1.08 bits per heavy atom. The second-order valence-corrected chi connectivity index (χ2v) is 6.19. The number of aromatic nitrogens is 3. The quantitative estimate of drug-likeness (QED) is 0.767. The molecule has 0 radical (unpaired) electrons. The molecular weight excluding hydrogens is 314 g/mol. The van der Waals surface area contributed by atoms with Gasteiger partial charge < -0.3 is 11.1 Å². The fraction of sp³-hybridized carbons (Fsp3) is 0.211. The van der Waals surface area contributed by atoms with E-state index in [1.807, 2.05) is 63.2 Å². The van der Waals surface area contributed by atoms with E-state index in [4.69, 9.17) is 5.73 Å². The van der Waals surface area contributed by atoms with Crippen molar-refractivity contribution >= 4 is 17.4 Å². The lowest BCUT2D eigenvalue weighted by Gasteiger charge is -2.10. The molecule has 1 aromatic heterocycles. The smallest absolute Gasteiger partial charge is 0.280 e. The van der Waals surface area contributed by atoms with E-state index in [-0.39, 0.29) is 17.4 Å². The van der Waals surface area contributed by atoms with Gasteiger partial charge in [0.05, 0.1) is 6.54 Å². The van der Waals surface area contributed by atoms with Crippen molar-refractivity contribution in [3.8, 4) is 0 Å². The van der Waals surface area contributed by atoms with Gasteiger partial charge in [-0.3, -0.25) is 4.79 Å². The molecule has 1 amide bonds. The Balaban J connectivity index is 1.80. The van der Waals surface area contributed by atoms with Crippen LogP contribution in [0.5, 0.6) is 0 Å². The van der Waals surface area contributed by atoms with Crippen LogP contribution in [0.4, 0.5) is 11.5 Å². The zero-order chi connectivity index (χ0) is 18.0. The molecule has 0 bridgehead atoms. The number of nitrogens with zero attached hydrogens (tertiary/aromatic N) is 3. The fourth-order valence-corrected chi connectivity index (χ4v) is 2.65. The molecule has 0 spiro atoms. The minimum atomic E-state index is -0.356. The summed E-state index contributed by atoms with van der Waals surface area (Å²) in [4.78, 5) is 12.5. The summed E-state index contributed by atoms with van der Waals surface area (Å²) < 4.78 is 1.53. The maximum absolute atomic E-state index is 12.5. The number of aryl methyl sites for hydroxylation is 3. The molecule has 1 heterocycles. The van der Waals surface area contributed by atoms with Crippen LogP contribution in [0.25, 0.3) is 0 Å². The predicted octanol–water partition coefficient (Wildman–Crippen LogP) is 3.09. The van der Waals surface area contributed by atoms with Gasteiger partial charge in [-0.05, 0) is 37.5 Å². The number of nitrogens with one attached hydrogen (secondary N) is 1. The summed E-state index contributed by atoms with van der Waals surface area (Å²) in [6.07, 6.45) is 0. The number of benzene rings is 2. The number of hydrogen-bond acceptors (Lipinski definition) is 4. The van der Waals surface area contributed by atoms with Gasteiger partial charge in [0.2, 0.25) is 0 Å². The van der Waals surface area contributed by atoms with Crippen LogP contribution in [0.2, 0.25) is 0 Å².